The molecule has 120 valence electrons. The number of likely N-dealkylation sites (tertiary alicyclic amines) is 1. The number of hydrogen-bond acceptors (Lipinski definition) is 4. The Bertz CT molecular complexity index is 400. The van der Waals surface area contributed by atoms with Crippen molar-refractivity contribution in [2.75, 3.05) is 26.9 Å². The molecular weight excluding hydrogens is 286 g/mol. The van der Waals surface area contributed by atoms with Gasteiger partial charge in [0, 0.05) is 26.2 Å². The number of rotatable bonds is 3. The number of ether oxygens (including phenoxy) is 2. The van der Waals surface area contributed by atoms with Crippen molar-refractivity contribution in [3.8, 4) is 0 Å². The summed E-state index contributed by atoms with van der Waals surface area (Å²) in [6.07, 6.45) is 0.219. The number of alkyl halides is 2. The molecule has 6 nitrogen and oxygen atoms in total. The molecule has 0 saturated carbocycles. The van der Waals surface area contributed by atoms with Crippen molar-refractivity contribution in [3.63, 3.8) is 0 Å². The molecule has 21 heavy (non-hydrogen) atoms. The van der Waals surface area contributed by atoms with Gasteiger partial charge in [0.15, 0.2) is 0 Å². The molecule has 0 aromatic rings. The third-order valence-electron chi connectivity index (χ3n) is 3.98. The van der Waals surface area contributed by atoms with Gasteiger partial charge in [0.05, 0.1) is 7.11 Å². The van der Waals surface area contributed by atoms with Crippen LogP contribution in [0.15, 0.2) is 0 Å². The van der Waals surface area contributed by atoms with Gasteiger partial charge in [-0.2, -0.15) is 8.78 Å². The maximum atomic E-state index is 13.7. The standard InChI is InChI=1S/C13H20F2N2O4/c1-20-12(19)16-10(9-3-7-21-8-4-9)11(18)17-6-2-5-13(17,14)15/h9-10H,2-8H2,1H3,(H,16,19)/t10-/m0/s1. The molecule has 2 rings (SSSR count). The van der Waals surface area contributed by atoms with Crippen molar-refractivity contribution >= 4 is 12.0 Å². The van der Waals surface area contributed by atoms with Gasteiger partial charge in [-0.3, -0.25) is 9.69 Å². The summed E-state index contributed by atoms with van der Waals surface area (Å²) in [6.45, 7) is 0.912. The summed E-state index contributed by atoms with van der Waals surface area (Å²) in [4.78, 5) is 24.4. The highest BCUT2D eigenvalue weighted by Crippen LogP contribution is 2.34. The van der Waals surface area contributed by atoms with Crippen LogP contribution in [-0.4, -0.2) is 55.9 Å². The Kier molecular flexibility index (Phi) is 4.97. The van der Waals surface area contributed by atoms with E-state index < -0.39 is 24.1 Å². The fourth-order valence-electron chi connectivity index (χ4n) is 2.80. The van der Waals surface area contributed by atoms with Crippen LogP contribution in [0.5, 0.6) is 0 Å². The van der Waals surface area contributed by atoms with Gasteiger partial charge in [-0.1, -0.05) is 0 Å². The number of carbonyl (C=O) groups is 2. The zero-order valence-electron chi connectivity index (χ0n) is 11.9. The summed E-state index contributed by atoms with van der Waals surface area (Å²) in [6, 6.07) is -4.14. The van der Waals surface area contributed by atoms with Crippen LogP contribution in [0.3, 0.4) is 0 Å². The Morgan fingerprint density at radius 1 is 1.38 bits per heavy atom. The van der Waals surface area contributed by atoms with Gasteiger partial charge in [-0.05, 0) is 25.2 Å². The third-order valence-corrected chi connectivity index (χ3v) is 3.98. The minimum atomic E-state index is -3.14. The zero-order chi connectivity index (χ0) is 15.5. The van der Waals surface area contributed by atoms with Crippen LogP contribution >= 0.6 is 0 Å². The average molecular weight is 306 g/mol. The molecule has 0 spiro atoms. The number of alkyl carbamates (subject to hydrolysis) is 1. The molecule has 0 aromatic carbocycles. The highest BCUT2D eigenvalue weighted by Gasteiger charge is 2.48. The smallest absolute Gasteiger partial charge is 0.407 e. The van der Waals surface area contributed by atoms with Crippen molar-refractivity contribution in [1.82, 2.24) is 10.2 Å². The maximum absolute atomic E-state index is 13.7. The van der Waals surface area contributed by atoms with E-state index in [1.165, 1.54) is 7.11 Å². The van der Waals surface area contributed by atoms with Crippen molar-refractivity contribution in [2.45, 2.75) is 37.8 Å². The first-order valence-electron chi connectivity index (χ1n) is 7.07. The Morgan fingerprint density at radius 2 is 2.05 bits per heavy atom. The molecule has 8 heteroatoms. The normalized spacial score (nSPS) is 23.7. The van der Waals surface area contributed by atoms with E-state index in [2.05, 4.69) is 10.1 Å². The lowest BCUT2D eigenvalue weighted by molar-refractivity contribution is -0.166. The third kappa shape index (κ3) is 3.61. The fraction of sp³-hybridized carbons (Fsp3) is 0.846. The zero-order valence-corrected chi connectivity index (χ0v) is 11.9. The second-order valence-corrected chi connectivity index (χ2v) is 5.32. The molecule has 1 N–H and O–H groups in total. The van der Waals surface area contributed by atoms with E-state index >= 15 is 0 Å². The summed E-state index contributed by atoms with van der Waals surface area (Å²) in [5.74, 6) is -0.962. The van der Waals surface area contributed by atoms with E-state index in [4.69, 9.17) is 4.74 Å². The SMILES string of the molecule is COC(=O)N[C@H](C(=O)N1CCCC1(F)F)C1CCOCC1. The van der Waals surface area contributed by atoms with Crippen LogP contribution in [0.1, 0.15) is 25.7 Å². The number of halogens is 2. The largest absolute Gasteiger partial charge is 0.453 e. The van der Waals surface area contributed by atoms with Gasteiger partial charge in [0.25, 0.3) is 0 Å². The lowest BCUT2D eigenvalue weighted by atomic mass is 9.91. The van der Waals surface area contributed by atoms with Crippen LogP contribution in [0, 0.1) is 5.92 Å². The lowest BCUT2D eigenvalue weighted by Gasteiger charge is -2.34. The molecule has 2 amide bonds. The number of hydrogen-bond donors (Lipinski definition) is 1. The Hall–Kier alpha value is -1.44. The van der Waals surface area contributed by atoms with Crippen molar-refractivity contribution in [1.29, 1.82) is 0 Å². The van der Waals surface area contributed by atoms with Gasteiger partial charge in [0.1, 0.15) is 6.04 Å². The molecule has 0 aromatic heterocycles. The van der Waals surface area contributed by atoms with Crippen LogP contribution in [0.4, 0.5) is 13.6 Å². The number of methoxy groups -OCH3 is 1. The second-order valence-electron chi connectivity index (χ2n) is 5.32. The van der Waals surface area contributed by atoms with Gasteiger partial charge >= 0.3 is 12.1 Å². The lowest BCUT2D eigenvalue weighted by Crippen LogP contribution is -2.55. The van der Waals surface area contributed by atoms with Crippen molar-refractivity contribution in [3.05, 3.63) is 0 Å². The molecule has 2 fully saturated rings. The van der Waals surface area contributed by atoms with Gasteiger partial charge in [-0.15, -0.1) is 0 Å². The highest BCUT2D eigenvalue weighted by atomic mass is 19.3. The predicted octanol–water partition coefficient (Wildman–Crippen LogP) is 1.35. The molecule has 0 aliphatic carbocycles. The number of carbonyl (C=O) groups excluding carboxylic acids is 2. The monoisotopic (exact) mass is 306 g/mol. The van der Waals surface area contributed by atoms with Gasteiger partial charge < -0.3 is 14.8 Å². The van der Waals surface area contributed by atoms with E-state index in [1.54, 1.807) is 0 Å². The van der Waals surface area contributed by atoms with Crippen molar-refractivity contribution < 1.29 is 27.8 Å². The molecule has 0 unspecified atom stereocenters. The molecule has 0 bridgehead atoms. The molecule has 2 heterocycles. The summed E-state index contributed by atoms with van der Waals surface area (Å²) < 4.78 is 37.2. The van der Waals surface area contributed by atoms with Crippen molar-refractivity contribution in [2.24, 2.45) is 5.92 Å². The molecule has 1 atom stereocenters. The number of nitrogens with one attached hydrogen (secondary N) is 1. The molecule has 2 saturated heterocycles. The Morgan fingerprint density at radius 3 is 2.57 bits per heavy atom. The van der Waals surface area contributed by atoms with E-state index in [9.17, 15) is 18.4 Å². The Balaban J connectivity index is 2.13. The summed E-state index contributed by atoms with van der Waals surface area (Å²) in [5.41, 5.74) is 0. The average Bonchev–Trinajstić information content (AvgIpc) is 2.84. The molecule has 0 radical (unpaired) electrons. The summed E-state index contributed by atoms with van der Waals surface area (Å²) in [7, 11) is 1.17. The topological polar surface area (TPSA) is 67.9 Å². The van der Waals surface area contributed by atoms with Crippen LogP contribution in [0.2, 0.25) is 0 Å². The second kappa shape index (κ2) is 6.55. The van der Waals surface area contributed by atoms with Crippen LogP contribution in [0.25, 0.3) is 0 Å². The first-order valence-corrected chi connectivity index (χ1v) is 7.07. The van der Waals surface area contributed by atoms with E-state index in [0.29, 0.717) is 31.0 Å². The predicted molar refractivity (Wildman–Crippen MR) is 68.8 cm³/mol. The van der Waals surface area contributed by atoms with Crippen LogP contribution < -0.4 is 5.32 Å². The maximum Gasteiger partial charge on any atom is 0.407 e. The first-order chi connectivity index (χ1) is 9.95. The molecular formula is C13H20F2N2O4. The van der Waals surface area contributed by atoms with Crippen LogP contribution in [-0.2, 0) is 14.3 Å². The van der Waals surface area contributed by atoms with E-state index in [1.807, 2.05) is 0 Å². The summed E-state index contributed by atoms with van der Waals surface area (Å²) >= 11 is 0. The quantitative estimate of drug-likeness (QED) is 0.799. The van der Waals surface area contributed by atoms with E-state index in [0.717, 1.165) is 0 Å². The first kappa shape index (κ1) is 15.9. The minimum Gasteiger partial charge on any atom is -0.453 e. The molecule has 2 aliphatic heterocycles. The Labute approximate surface area is 121 Å². The fourth-order valence-corrected chi connectivity index (χ4v) is 2.80. The number of nitrogens with zero attached hydrogens (tertiary/aromatic N) is 1. The van der Waals surface area contributed by atoms with E-state index in [-0.39, 0.29) is 25.3 Å². The molecule has 2 aliphatic rings. The minimum absolute atomic E-state index is 0.00834. The highest BCUT2D eigenvalue weighted by molar-refractivity contribution is 5.86. The number of amides is 2. The van der Waals surface area contributed by atoms with Gasteiger partial charge in [-0.25, -0.2) is 4.79 Å². The summed E-state index contributed by atoms with van der Waals surface area (Å²) in [5, 5.41) is 2.41. The van der Waals surface area contributed by atoms with Gasteiger partial charge in [0.2, 0.25) is 5.91 Å².